The summed E-state index contributed by atoms with van der Waals surface area (Å²) in [6.07, 6.45) is 4.67. The Morgan fingerprint density at radius 3 is 2.39 bits per heavy atom. The quantitative estimate of drug-likeness (QED) is 0.380. The number of carbonyl (C=O) groups excluding carboxylic acids is 3. The molecule has 0 radical (unpaired) electrons. The van der Waals surface area contributed by atoms with Crippen molar-refractivity contribution in [3.05, 3.63) is 0 Å². The van der Waals surface area contributed by atoms with Crippen LogP contribution in [0.1, 0.15) is 51.9 Å². The molecule has 0 aromatic rings. The normalized spacial score (nSPS) is 9.89. The minimum absolute atomic E-state index is 0.183. The molecule has 0 rings (SSSR count). The number of hydroxylamine groups is 2. The van der Waals surface area contributed by atoms with E-state index >= 15 is 0 Å². The summed E-state index contributed by atoms with van der Waals surface area (Å²) < 4.78 is 0. The molecule has 6 nitrogen and oxygen atoms in total. The monoisotopic (exact) mass is 258 g/mol. The molecule has 18 heavy (non-hydrogen) atoms. The van der Waals surface area contributed by atoms with Crippen LogP contribution in [0.3, 0.4) is 0 Å². The Bertz CT molecular complexity index is 269. The van der Waals surface area contributed by atoms with Gasteiger partial charge in [0.2, 0.25) is 0 Å². The molecule has 104 valence electrons. The van der Waals surface area contributed by atoms with E-state index in [9.17, 15) is 14.4 Å². The maximum atomic E-state index is 11.4. The van der Waals surface area contributed by atoms with Crippen LogP contribution in [0.5, 0.6) is 0 Å². The van der Waals surface area contributed by atoms with Crippen molar-refractivity contribution in [1.29, 1.82) is 0 Å². The van der Waals surface area contributed by atoms with Gasteiger partial charge in [-0.15, -0.1) is 5.06 Å². The summed E-state index contributed by atoms with van der Waals surface area (Å²) in [5.41, 5.74) is 5.34. The molecule has 6 heteroatoms. The number of unbranched alkanes of at least 4 members (excludes halogenated alkanes) is 3. The second kappa shape index (κ2) is 10.7. The number of carbonyl (C=O) groups is 3. The molecule has 0 saturated carbocycles. The Hall–Kier alpha value is -1.43. The van der Waals surface area contributed by atoms with Crippen molar-refractivity contribution < 1.29 is 19.2 Å². The van der Waals surface area contributed by atoms with E-state index in [2.05, 4.69) is 4.84 Å². The van der Waals surface area contributed by atoms with Gasteiger partial charge < -0.3 is 10.6 Å². The van der Waals surface area contributed by atoms with Gasteiger partial charge in [-0.3, -0.25) is 9.59 Å². The molecule has 2 N–H and O–H groups in total. The zero-order valence-corrected chi connectivity index (χ0v) is 10.9. The Morgan fingerprint density at radius 2 is 1.83 bits per heavy atom. The fraction of sp³-hybridized carbons (Fsp3) is 0.750. The SMILES string of the molecule is CCCC(=O)N(C=O)OC(=O)CCCCCCN. The summed E-state index contributed by atoms with van der Waals surface area (Å²) in [5, 5.41) is 0.478. The van der Waals surface area contributed by atoms with E-state index in [1.807, 2.05) is 0 Å². The highest BCUT2D eigenvalue weighted by atomic mass is 16.7. The van der Waals surface area contributed by atoms with Crippen molar-refractivity contribution in [3.8, 4) is 0 Å². The van der Waals surface area contributed by atoms with Gasteiger partial charge in [-0.1, -0.05) is 19.8 Å². The third kappa shape index (κ3) is 7.78. The highest BCUT2D eigenvalue weighted by Crippen LogP contribution is 2.05. The van der Waals surface area contributed by atoms with E-state index in [4.69, 9.17) is 5.73 Å². The predicted octanol–water partition coefficient (Wildman–Crippen LogP) is 1.14. The zero-order chi connectivity index (χ0) is 13.8. The van der Waals surface area contributed by atoms with Crippen LogP contribution in [0.2, 0.25) is 0 Å². The summed E-state index contributed by atoms with van der Waals surface area (Å²) in [4.78, 5) is 37.9. The topological polar surface area (TPSA) is 89.7 Å². The number of imide groups is 1. The fourth-order valence-electron chi connectivity index (χ4n) is 1.38. The Kier molecular flexibility index (Phi) is 9.86. The Morgan fingerprint density at radius 1 is 1.17 bits per heavy atom. The van der Waals surface area contributed by atoms with E-state index < -0.39 is 11.9 Å². The van der Waals surface area contributed by atoms with Crippen LogP contribution in [0.4, 0.5) is 0 Å². The highest BCUT2D eigenvalue weighted by Gasteiger charge is 2.16. The second-order valence-corrected chi connectivity index (χ2v) is 3.99. The summed E-state index contributed by atoms with van der Waals surface area (Å²) in [7, 11) is 0. The Balaban J connectivity index is 3.83. The van der Waals surface area contributed by atoms with Gasteiger partial charge in [-0.2, -0.15) is 0 Å². The van der Waals surface area contributed by atoms with Gasteiger partial charge in [-0.05, 0) is 25.8 Å². The Labute approximate surface area is 107 Å². The van der Waals surface area contributed by atoms with Crippen molar-refractivity contribution in [3.63, 3.8) is 0 Å². The van der Waals surface area contributed by atoms with Crippen LogP contribution >= 0.6 is 0 Å². The number of hydrogen-bond acceptors (Lipinski definition) is 5. The molecule has 0 aromatic heterocycles. The van der Waals surface area contributed by atoms with Gasteiger partial charge in [0.15, 0.2) is 0 Å². The lowest BCUT2D eigenvalue weighted by molar-refractivity contribution is -0.196. The third-order valence-corrected chi connectivity index (χ3v) is 2.34. The van der Waals surface area contributed by atoms with Gasteiger partial charge in [-0.25, -0.2) is 4.79 Å². The second-order valence-electron chi connectivity index (χ2n) is 3.99. The predicted molar refractivity (Wildman–Crippen MR) is 66.0 cm³/mol. The van der Waals surface area contributed by atoms with Crippen LogP contribution in [0.25, 0.3) is 0 Å². The lowest BCUT2D eigenvalue weighted by atomic mass is 10.1. The number of nitrogens with two attached hydrogens (primary N) is 1. The lowest BCUT2D eigenvalue weighted by Gasteiger charge is -2.13. The first-order valence-electron chi connectivity index (χ1n) is 6.33. The van der Waals surface area contributed by atoms with E-state index in [1.54, 1.807) is 6.92 Å². The van der Waals surface area contributed by atoms with Crippen LogP contribution in [0, 0.1) is 0 Å². The summed E-state index contributed by atoms with van der Waals surface area (Å²) >= 11 is 0. The molecule has 0 aromatic carbocycles. The van der Waals surface area contributed by atoms with Gasteiger partial charge in [0, 0.05) is 12.8 Å². The van der Waals surface area contributed by atoms with Gasteiger partial charge >= 0.3 is 5.97 Å². The number of nitrogens with zero attached hydrogens (tertiary/aromatic N) is 1. The minimum atomic E-state index is -0.556. The molecule has 0 aliphatic rings. The first-order valence-corrected chi connectivity index (χ1v) is 6.33. The standard InChI is InChI=1S/C12H22N2O4/c1-2-7-11(16)14(10-15)18-12(17)8-5-3-4-6-9-13/h10H,2-9,13H2,1H3. The first kappa shape index (κ1) is 16.6. The number of hydrogen-bond donors (Lipinski definition) is 1. The molecule has 0 aliphatic carbocycles. The first-order chi connectivity index (χ1) is 8.65. The number of rotatable bonds is 9. The zero-order valence-electron chi connectivity index (χ0n) is 10.9. The molecule has 0 bridgehead atoms. The van der Waals surface area contributed by atoms with E-state index in [0.29, 0.717) is 24.4 Å². The van der Waals surface area contributed by atoms with E-state index in [1.165, 1.54) is 0 Å². The van der Waals surface area contributed by atoms with Crippen molar-refractivity contribution in [2.75, 3.05) is 6.54 Å². The molecule has 0 unspecified atom stereocenters. The van der Waals surface area contributed by atoms with Gasteiger partial charge in [0.1, 0.15) is 0 Å². The van der Waals surface area contributed by atoms with Crippen LogP contribution in [-0.2, 0) is 19.2 Å². The van der Waals surface area contributed by atoms with Gasteiger partial charge in [0.05, 0.1) is 0 Å². The summed E-state index contributed by atoms with van der Waals surface area (Å²) in [5.74, 6) is -1.05. The molecule has 0 spiro atoms. The molecule has 0 fully saturated rings. The largest absolute Gasteiger partial charge is 0.333 e. The van der Waals surface area contributed by atoms with E-state index in [-0.39, 0.29) is 19.3 Å². The van der Waals surface area contributed by atoms with Crippen LogP contribution < -0.4 is 5.73 Å². The highest BCUT2D eigenvalue weighted by molar-refractivity contribution is 5.86. The summed E-state index contributed by atoms with van der Waals surface area (Å²) in [6, 6.07) is 0. The average molecular weight is 258 g/mol. The van der Waals surface area contributed by atoms with Crippen molar-refractivity contribution in [2.24, 2.45) is 5.73 Å². The van der Waals surface area contributed by atoms with Crippen molar-refractivity contribution in [2.45, 2.75) is 51.9 Å². The molecule has 2 amide bonds. The average Bonchev–Trinajstić information content (AvgIpc) is 2.36. The smallest absolute Gasteiger partial charge is 0.331 e. The maximum Gasteiger partial charge on any atom is 0.333 e. The molecule has 0 saturated heterocycles. The fourth-order valence-corrected chi connectivity index (χ4v) is 1.38. The molecule has 0 heterocycles. The van der Waals surface area contributed by atoms with Crippen molar-refractivity contribution >= 4 is 18.3 Å². The van der Waals surface area contributed by atoms with Crippen LogP contribution in [-0.4, -0.2) is 29.9 Å². The number of amides is 2. The maximum absolute atomic E-state index is 11.4. The molecule has 0 aliphatic heterocycles. The lowest BCUT2D eigenvalue weighted by Crippen LogP contribution is -2.32. The third-order valence-electron chi connectivity index (χ3n) is 2.34. The van der Waals surface area contributed by atoms with E-state index in [0.717, 1.165) is 19.3 Å². The molecule has 0 atom stereocenters. The molecular weight excluding hydrogens is 236 g/mol. The molecular formula is C12H22N2O4. The summed E-state index contributed by atoms with van der Waals surface area (Å²) in [6.45, 7) is 2.45. The van der Waals surface area contributed by atoms with Crippen LogP contribution in [0.15, 0.2) is 0 Å². The van der Waals surface area contributed by atoms with Crippen molar-refractivity contribution in [1.82, 2.24) is 5.06 Å². The van der Waals surface area contributed by atoms with Gasteiger partial charge in [0.25, 0.3) is 12.3 Å². The minimum Gasteiger partial charge on any atom is -0.331 e.